The van der Waals surface area contributed by atoms with Crippen molar-refractivity contribution in [3.63, 3.8) is 0 Å². The van der Waals surface area contributed by atoms with Crippen molar-refractivity contribution < 1.29 is 23.4 Å². The van der Waals surface area contributed by atoms with Crippen LogP contribution >= 0.6 is 0 Å². The van der Waals surface area contributed by atoms with E-state index in [1.807, 2.05) is 6.07 Å². The Balaban J connectivity index is 1.48. The summed E-state index contributed by atoms with van der Waals surface area (Å²) in [5, 5.41) is 11.1. The van der Waals surface area contributed by atoms with Gasteiger partial charge in [-0.2, -0.15) is 0 Å². The van der Waals surface area contributed by atoms with Crippen LogP contribution in [-0.2, 0) is 0 Å². The van der Waals surface area contributed by atoms with Crippen LogP contribution in [0.4, 0.5) is 10.1 Å². The first-order valence-electron chi connectivity index (χ1n) is 9.96. The zero-order chi connectivity index (χ0) is 23.2. The van der Waals surface area contributed by atoms with Gasteiger partial charge in [-0.1, -0.05) is 12.1 Å². The number of benzene rings is 3. The van der Waals surface area contributed by atoms with Gasteiger partial charge in [-0.25, -0.2) is 4.39 Å². The van der Waals surface area contributed by atoms with E-state index in [4.69, 9.17) is 14.2 Å². The maximum absolute atomic E-state index is 13.0. The standard InChI is InChI=1S/C25H20FN3O4/c1-31-22-12-8-19(15-23(22)32-2)27-25(30)17-5-3-4-16(14-17)21-11-13-24(29-28-21)33-20-9-6-18(26)7-10-20/h3-15H,1-2H3,(H,27,30). The summed E-state index contributed by atoms with van der Waals surface area (Å²) in [6.45, 7) is 0. The minimum Gasteiger partial charge on any atom is -0.493 e. The highest BCUT2D eigenvalue weighted by Gasteiger charge is 2.11. The summed E-state index contributed by atoms with van der Waals surface area (Å²) in [6, 6.07) is 21.2. The lowest BCUT2D eigenvalue weighted by molar-refractivity contribution is 0.102. The lowest BCUT2D eigenvalue weighted by Crippen LogP contribution is -2.12. The van der Waals surface area contributed by atoms with Crippen molar-refractivity contribution in [1.82, 2.24) is 10.2 Å². The van der Waals surface area contributed by atoms with Crippen LogP contribution in [0.5, 0.6) is 23.1 Å². The largest absolute Gasteiger partial charge is 0.493 e. The number of carbonyl (C=O) groups is 1. The van der Waals surface area contributed by atoms with E-state index in [0.29, 0.717) is 34.2 Å². The predicted octanol–water partition coefficient (Wildman–Crippen LogP) is 5.34. The minimum atomic E-state index is -0.348. The number of hydrogen-bond acceptors (Lipinski definition) is 6. The highest BCUT2D eigenvalue weighted by molar-refractivity contribution is 6.05. The zero-order valence-electron chi connectivity index (χ0n) is 17.9. The fourth-order valence-electron chi connectivity index (χ4n) is 3.09. The second-order valence-electron chi connectivity index (χ2n) is 6.92. The topological polar surface area (TPSA) is 82.6 Å². The van der Waals surface area contributed by atoms with Crippen molar-refractivity contribution in [3.8, 4) is 34.4 Å². The van der Waals surface area contributed by atoms with Crippen molar-refractivity contribution in [2.24, 2.45) is 0 Å². The molecule has 0 radical (unpaired) electrons. The lowest BCUT2D eigenvalue weighted by atomic mass is 10.1. The number of nitrogens with one attached hydrogen (secondary N) is 1. The van der Waals surface area contributed by atoms with Crippen molar-refractivity contribution in [3.05, 3.63) is 90.2 Å². The Kier molecular flexibility index (Phi) is 6.45. The molecule has 1 heterocycles. The number of hydrogen-bond donors (Lipinski definition) is 1. The summed E-state index contributed by atoms with van der Waals surface area (Å²) in [5.41, 5.74) is 2.32. The summed E-state index contributed by atoms with van der Waals surface area (Å²) in [5.74, 6) is 1.18. The van der Waals surface area contributed by atoms with Gasteiger partial charge in [0.1, 0.15) is 11.6 Å². The molecule has 0 fully saturated rings. The Labute approximate surface area is 189 Å². The van der Waals surface area contributed by atoms with Gasteiger partial charge in [0.2, 0.25) is 5.88 Å². The number of rotatable bonds is 7. The summed E-state index contributed by atoms with van der Waals surface area (Å²) in [7, 11) is 3.08. The molecule has 0 saturated carbocycles. The van der Waals surface area contributed by atoms with Crippen LogP contribution in [-0.4, -0.2) is 30.3 Å². The highest BCUT2D eigenvalue weighted by atomic mass is 19.1. The number of nitrogens with zero attached hydrogens (tertiary/aromatic N) is 2. The quantitative estimate of drug-likeness (QED) is 0.413. The number of carbonyl (C=O) groups excluding carboxylic acids is 1. The fourth-order valence-corrected chi connectivity index (χ4v) is 3.09. The summed E-state index contributed by atoms with van der Waals surface area (Å²) in [4.78, 5) is 12.8. The molecular formula is C25H20FN3O4. The van der Waals surface area contributed by atoms with Crippen LogP contribution in [0.15, 0.2) is 78.9 Å². The van der Waals surface area contributed by atoms with Crippen LogP contribution in [0.3, 0.4) is 0 Å². The van der Waals surface area contributed by atoms with E-state index in [1.54, 1.807) is 55.6 Å². The molecule has 166 valence electrons. The molecule has 0 bridgehead atoms. The molecule has 33 heavy (non-hydrogen) atoms. The van der Waals surface area contributed by atoms with Gasteiger partial charge in [0.05, 0.1) is 19.9 Å². The second-order valence-corrected chi connectivity index (χ2v) is 6.92. The molecule has 0 unspecified atom stereocenters. The van der Waals surface area contributed by atoms with E-state index in [9.17, 15) is 9.18 Å². The van der Waals surface area contributed by atoms with Crippen LogP contribution in [0.1, 0.15) is 10.4 Å². The molecule has 1 N–H and O–H groups in total. The van der Waals surface area contributed by atoms with E-state index < -0.39 is 0 Å². The maximum atomic E-state index is 13.0. The van der Waals surface area contributed by atoms with E-state index in [0.717, 1.165) is 5.56 Å². The molecule has 4 aromatic rings. The van der Waals surface area contributed by atoms with Gasteiger partial charge in [-0.05, 0) is 54.6 Å². The third-order valence-electron chi connectivity index (χ3n) is 4.74. The zero-order valence-corrected chi connectivity index (χ0v) is 17.9. The highest BCUT2D eigenvalue weighted by Crippen LogP contribution is 2.30. The first-order chi connectivity index (χ1) is 16.1. The van der Waals surface area contributed by atoms with Gasteiger partial charge < -0.3 is 19.5 Å². The van der Waals surface area contributed by atoms with Crippen molar-refractivity contribution in [2.75, 3.05) is 19.5 Å². The van der Waals surface area contributed by atoms with Gasteiger partial charge in [0, 0.05) is 28.9 Å². The van der Waals surface area contributed by atoms with Crippen LogP contribution in [0.25, 0.3) is 11.3 Å². The average Bonchev–Trinajstić information content (AvgIpc) is 2.86. The van der Waals surface area contributed by atoms with Crippen molar-refractivity contribution in [2.45, 2.75) is 0 Å². The van der Waals surface area contributed by atoms with Crippen molar-refractivity contribution >= 4 is 11.6 Å². The Morgan fingerprint density at radius 2 is 1.64 bits per heavy atom. The number of halogens is 1. The molecule has 4 rings (SSSR count). The molecule has 0 spiro atoms. The van der Waals surface area contributed by atoms with Gasteiger partial charge in [-0.3, -0.25) is 4.79 Å². The fraction of sp³-hybridized carbons (Fsp3) is 0.0800. The first-order valence-corrected chi connectivity index (χ1v) is 9.96. The molecular weight excluding hydrogens is 425 g/mol. The Morgan fingerprint density at radius 3 is 2.33 bits per heavy atom. The molecule has 1 aromatic heterocycles. The maximum Gasteiger partial charge on any atom is 0.255 e. The molecule has 1 amide bonds. The molecule has 0 aliphatic carbocycles. The van der Waals surface area contributed by atoms with Crippen LogP contribution in [0.2, 0.25) is 0 Å². The van der Waals surface area contributed by atoms with Gasteiger partial charge in [0.15, 0.2) is 11.5 Å². The minimum absolute atomic E-state index is 0.271. The summed E-state index contributed by atoms with van der Waals surface area (Å²) in [6.07, 6.45) is 0. The van der Waals surface area contributed by atoms with Crippen LogP contribution < -0.4 is 19.5 Å². The normalized spacial score (nSPS) is 10.4. The monoisotopic (exact) mass is 445 g/mol. The average molecular weight is 445 g/mol. The van der Waals surface area contributed by atoms with Gasteiger partial charge >= 0.3 is 0 Å². The van der Waals surface area contributed by atoms with E-state index in [-0.39, 0.29) is 17.6 Å². The number of ether oxygens (including phenoxy) is 3. The molecule has 8 heteroatoms. The Morgan fingerprint density at radius 1 is 0.848 bits per heavy atom. The molecule has 0 saturated heterocycles. The molecule has 7 nitrogen and oxygen atoms in total. The summed E-state index contributed by atoms with van der Waals surface area (Å²) < 4.78 is 29.1. The molecule has 0 atom stereocenters. The second kappa shape index (κ2) is 9.78. The van der Waals surface area contributed by atoms with Gasteiger partial charge in [0.25, 0.3) is 5.91 Å². The molecule has 0 aliphatic rings. The number of methoxy groups -OCH3 is 2. The van der Waals surface area contributed by atoms with Gasteiger partial charge in [-0.15, -0.1) is 10.2 Å². The lowest BCUT2D eigenvalue weighted by Gasteiger charge is -2.11. The smallest absolute Gasteiger partial charge is 0.255 e. The SMILES string of the molecule is COc1ccc(NC(=O)c2cccc(-c3ccc(Oc4ccc(F)cc4)nn3)c2)cc1OC. The number of amides is 1. The Bertz CT molecular complexity index is 1260. The first kappa shape index (κ1) is 21.8. The molecule has 3 aromatic carbocycles. The van der Waals surface area contributed by atoms with Crippen molar-refractivity contribution in [1.29, 1.82) is 0 Å². The number of aromatic nitrogens is 2. The predicted molar refractivity (Wildman–Crippen MR) is 121 cm³/mol. The third kappa shape index (κ3) is 5.24. The molecule has 0 aliphatic heterocycles. The summed E-state index contributed by atoms with van der Waals surface area (Å²) >= 11 is 0. The van der Waals surface area contributed by atoms with E-state index in [2.05, 4.69) is 15.5 Å². The Hall–Kier alpha value is -4.46. The number of anilines is 1. The van der Waals surface area contributed by atoms with E-state index in [1.165, 1.54) is 31.4 Å². The third-order valence-corrected chi connectivity index (χ3v) is 4.74. The van der Waals surface area contributed by atoms with E-state index >= 15 is 0 Å². The van der Waals surface area contributed by atoms with Crippen LogP contribution in [0, 0.1) is 5.82 Å².